The van der Waals surface area contributed by atoms with Crippen LogP contribution in [0.2, 0.25) is 0 Å². The van der Waals surface area contributed by atoms with Gasteiger partial charge in [0.25, 0.3) is 0 Å². The zero-order valence-corrected chi connectivity index (χ0v) is 13.8. The number of fused-ring (bicyclic) bond motifs is 1. The van der Waals surface area contributed by atoms with Crippen LogP contribution < -0.4 is 15.2 Å². The number of hydrogen-bond donors (Lipinski definition) is 1. The predicted octanol–water partition coefficient (Wildman–Crippen LogP) is 4.09. The molecule has 6 heteroatoms. The highest BCUT2D eigenvalue weighted by atomic mass is 35.5. The van der Waals surface area contributed by atoms with Crippen molar-refractivity contribution in [3.8, 4) is 33.3 Å². The summed E-state index contributed by atoms with van der Waals surface area (Å²) in [5.41, 5.74) is 9.83. The molecule has 1 aliphatic heterocycles. The Kier molecular flexibility index (Phi) is 4.52. The van der Waals surface area contributed by atoms with Gasteiger partial charge in [-0.15, -0.1) is 23.7 Å². The maximum absolute atomic E-state index is 5.63. The molecule has 0 atom stereocenters. The van der Waals surface area contributed by atoms with Crippen molar-refractivity contribution in [2.75, 3.05) is 6.79 Å². The smallest absolute Gasteiger partial charge is 0.231 e. The lowest BCUT2D eigenvalue weighted by Crippen LogP contribution is -1.95. The first-order chi connectivity index (χ1) is 10.8. The molecular formula is C17H15ClN2O2S. The molecule has 118 valence electrons. The van der Waals surface area contributed by atoms with E-state index in [0.29, 0.717) is 6.54 Å². The number of rotatable bonds is 3. The number of aromatic nitrogens is 1. The molecule has 0 bridgehead atoms. The van der Waals surface area contributed by atoms with Crippen molar-refractivity contribution in [1.82, 2.24) is 4.98 Å². The second-order valence-corrected chi connectivity index (χ2v) is 5.87. The Hall–Kier alpha value is -2.08. The maximum Gasteiger partial charge on any atom is 0.231 e. The fourth-order valence-electron chi connectivity index (χ4n) is 2.38. The number of benzene rings is 2. The molecule has 0 aliphatic carbocycles. The molecule has 0 fully saturated rings. The molecule has 23 heavy (non-hydrogen) atoms. The van der Waals surface area contributed by atoms with Crippen LogP contribution >= 0.6 is 23.7 Å². The summed E-state index contributed by atoms with van der Waals surface area (Å²) in [6, 6.07) is 14.1. The summed E-state index contributed by atoms with van der Waals surface area (Å²) in [4.78, 5) is 4.72. The normalized spacial score (nSPS) is 12.0. The molecule has 0 spiro atoms. The Balaban J connectivity index is 0.00000156. The maximum atomic E-state index is 5.63. The molecule has 0 radical (unpaired) electrons. The van der Waals surface area contributed by atoms with Gasteiger partial charge in [-0.25, -0.2) is 4.98 Å². The Labute approximate surface area is 144 Å². The van der Waals surface area contributed by atoms with Crippen LogP contribution in [0.3, 0.4) is 0 Å². The zero-order chi connectivity index (χ0) is 14.9. The molecule has 4 nitrogen and oxygen atoms in total. The summed E-state index contributed by atoms with van der Waals surface area (Å²) < 4.78 is 10.8. The molecule has 0 unspecified atom stereocenters. The fourth-order valence-corrected chi connectivity index (χ4v) is 3.21. The number of thiazole rings is 1. The summed E-state index contributed by atoms with van der Waals surface area (Å²) in [5.74, 6) is 1.57. The third kappa shape index (κ3) is 3.03. The van der Waals surface area contributed by atoms with E-state index in [4.69, 9.17) is 20.2 Å². The van der Waals surface area contributed by atoms with Crippen LogP contribution in [0.4, 0.5) is 0 Å². The SMILES string of the molecule is Cl.NCc1ccc(-c2nc(-c3ccc4c(c3)OCO4)cs2)cc1. The van der Waals surface area contributed by atoms with Crippen molar-refractivity contribution in [2.45, 2.75) is 6.54 Å². The average Bonchev–Trinajstić information content (AvgIpc) is 3.23. The van der Waals surface area contributed by atoms with E-state index in [1.165, 1.54) is 0 Å². The van der Waals surface area contributed by atoms with E-state index in [0.717, 1.165) is 38.9 Å². The lowest BCUT2D eigenvalue weighted by molar-refractivity contribution is 0.174. The number of nitrogens with zero attached hydrogens (tertiary/aromatic N) is 1. The predicted molar refractivity (Wildman–Crippen MR) is 94.2 cm³/mol. The molecule has 2 heterocycles. The molecular weight excluding hydrogens is 332 g/mol. The Morgan fingerprint density at radius 2 is 1.74 bits per heavy atom. The second-order valence-electron chi connectivity index (χ2n) is 5.01. The van der Waals surface area contributed by atoms with E-state index in [1.807, 2.05) is 30.3 Å². The van der Waals surface area contributed by atoms with Crippen LogP contribution in [0.5, 0.6) is 11.5 Å². The Morgan fingerprint density at radius 3 is 2.52 bits per heavy atom. The van der Waals surface area contributed by atoms with Gasteiger partial charge in [-0.3, -0.25) is 0 Å². The minimum absolute atomic E-state index is 0. The number of halogens is 1. The van der Waals surface area contributed by atoms with Gasteiger partial charge in [-0.05, 0) is 23.8 Å². The Morgan fingerprint density at radius 1 is 1.00 bits per heavy atom. The van der Waals surface area contributed by atoms with Crippen LogP contribution in [-0.2, 0) is 6.54 Å². The van der Waals surface area contributed by atoms with E-state index in [1.54, 1.807) is 11.3 Å². The summed E-state index contributed by atoms with van der Waals surface area (Å²) in [5, 5.41) is 3.06. The standard InChI is InChI=1S/C17H14N2O2S.ClH/c18-8-11-1-3-12(4-2-11)17-19-14(9-22-17)13-5-6-15-16(7-13)21-10-20-15;/h1-7,9H,8,10,18H2;1H. The van der Waals surface area contributed by atoms with E-state index in [9.17, 15) is 0 Å². The highest BCUT2D eigenvalue weighted by Crippen LogP contribution is 2.37. The molecule has 3 aromatic rings. The molecule has 0 saturated carbocycles. The number of hydrogen-bond acceptors (Lipinski definition) is 5. The monoisotopic (exact) mass is 346 g/mol. The first kappa shape index (κ1) is 15.8. The quantitative estimate of drug-likeness (QED) is 0.776. The molecule has 2 aromatic carbocycles. The van der Waals surface area contributed by atoms with Crippen LogP contribution in [0.25, 0.3) is 21.8 Å². The van der Waals surface area contributed by atoms with Gasteiger partial charge in [-0.2, -0.15) is 0 Å². The number of nitrogens with two attached hydrogens (primary N) is 1. The van der Waals surface area contributed by atoms with Gasteiger partial charge in [0.05, 0.1) is 5.69 Å². The summed E-state index contributed by atoms with van der Waals surface area (Å²) in [6.45, 7) is 0.842. The second kappa shape index (κ2) is 6.58. The van der Waals surface area contributed by atoms with E-state index >= 15 is 0 Å². The fraction of sp³-hybridized carbons (Fsp3) is 0.118. The average molecular weight is 347 g/mol. The first-order valence-corrected chi connectivity index (χ1v) is 7.86. The van der Waals surface area contributed by atoms with Gasteiger partial charge >= 0.3 is 0 Å². The molecule has 1 aliphatic rings. The highest BCUT2D eigenvalue weighted by Gasteiger charge is 2.15. The van der Waals surface area contributed by atoms with Gasteiger partial charge in [0.1, 0.15) is 5.01 Å². The van der Waals surface area contributed by atoms with Crippen molar-refractivity contribution in [1.29, 1.82) is 0 Å². The van der Waals surface area contributed by atoms with Crippen molar-refractivity contribution < 1.29 is 9.47 Å². The van der Waals surface area contributed by atoms with Crippen molar-refractivity contribution in [2.24, 2.45) is 5.73 Å². The first-order valence-electron chi connectivity index (χ1n) is 6.98. The van der Waals surface area contributed by atoms with Gasteiger partial charge < -0.3 is 15.2 Å². The van der Waals surface area contributed by atoms with Crippen LogP contribution in [0.15, 0.2) is 47.8 Å². The van der Waals surface area contributed by atoms with Gasteiger partial charge in [-0.1, -0.05) is 24.3 Å². The molecule has 4 rings (SSSR count). The third-order valence-corrected chi connectivity index (χ3v) is 4.50. The van der Waals surface area contributed by atoms with Crippen LogP contribution in [0, 0.1) is 0 Å². The van der Waals surface area contributed by atoms with Crippen molar-refractivity contribution >= 4 is 23.7 Å². The zero-order valence-electron chi connectivity index (χ0n) is 12.2. The van der Waals surface area contributed by atoms with Crippen molar-refractivity contribution in [3.05, 3.63) is 53.4 Å². The third-order valence-electron chi connectivity index (χ3n) is 3.61. The van der Waals surface area contributed by atoms with Crippen LogP contribution in [-0.4, -0.2) is 11.8 Å². The van der Waals surface area contributed by atoms with Crippen molar-refractivity contribution in [3.63, 3.8) is 0 Å². The molecule has 0 saturated heterocycles. The lowest BCUT2D eigenvalue weighted by Gasteiger charge is -2.00. The van der Waals surface area contributed by atoms with E-state index in [2.05, 4.69) is 17.5 Å². The lowest BCUT2D eigenvalue weighted by atomic mass is 10.1. The summed E-state index contributed by atoms with van der Waals surface area (Å²) in [6.07, 6.45) is 0. The van der Waals surface area contributed by atoms with Gasteiger partial charge in [0.15, 0.2) is 11.5 Å². The molecule has 0 amide bonds. The minimum atomic E-state index is 0. The topological polar surface area (TPSA) is 57.4 Å². The molecule has 1 aromatic heterocycles. The van der Waals surface area contributed by atoms with E-state index < -0.39 is 0 Å². The van der Waals surface area contributed by atoms with Gasteiger partial charge in [0.2, 0.25) is 6.79 Å². The highest BCUT2D eigenvalue weighted by molar-refractivity contribution is 7.13. The molecule has 2 N–H and O–H groups in total. The van der Waals surface area contributed by atoms with Crippen LogP contribution in [0.1, 0.15) is 5.56 Å². The largest absolute Gasteiger partial charge is 0.454 e. The minimum Gasteiger partial charge on any atom is -0.454 e. The number of ether oxygens (including phenoxy) is 2. The Bertz CT molecular complexity index is 818. The summed E-state index contributed by atoms with van der Waals surface area (Å²) >= 11 is 1.63. The van der Waals surface area contributed by atoms with Gasteiger partial charge in [0, 0.05) is 23.1 Å². The van der Waals surface area contributed by atoms with E-state index in [-0.39, 0.29) is 19.2 Å². The summed E-state index contributed by atoms with van der Waals surface area (Å²) in [7, 11) is 0.